The van der Waals surface area contributed by atoms with Crippen molar-refractivity contribution in [1.82, 2.24) is 9.97 Å². The summed E-state index contributed by atoms with van der Waals surface area (Å²) in [5, 5.41) is 0. The highest BCUT2D eigenvalue weighted by atomic mass is 127. The molecule has 1 atom stereocenters. The number of nitrogens with zero attached hydrogens (tertiary/aromatic N) is 3. The summed E-state index contributed by atoms with van der Waals surface area (Å²) in [7, 11) is 0. The fourth-order valence-corrected chi connectivity index (χ4v) is 2.33. The molecule has 0 N–H and O–H groups in total. The molecule has 1 aromatic rings. The van der Waals surface area contributed by atoms with E-state index < -0.39 is 0 Å². The van der Waals surface area contributed by atoms with Crippen LogP contribution in [0.5, 0.6) is 0 Å². The SMILES string of the molecule is Cc1nc(I)cc(N2CCO[C@H](C)C2)n1. The molecule has 4 nitrogen and oxygen atoms in total. The quantitative estimate of drug-likeness (QED) is 0.582. The number of hydrogen-bond acceptors (Lipinski definition) is 4. The molecule has 0 aliphatic carbocycles. The van der Waals surface area contributed by atoms with Crippen molar-refractivity contribution in [3.63, 3.8) is 0 Å². The highest BCUT2D eigenvalue weighted by Gasteiger charge is 2.18. The molecule has 5 heteroatoms. The van der Waals surface area contributed by atoms with Gasteiger partial charge in [0.25, 0.3) is 0 Å². The van der Waals surface area contributed by atoms with Crippen molar-refractivity contribution in [2.24, 2.45) is 0 Å². The van der Waals surface area contributed by atoms with Crippen LogP contribution in [-0.2, 0) is 4.74 Å². The standard InChI is InChI=1S/C10H14IN3O/c1-7-6-14(3-4-15-7)10-5-9(11)12-8(2)13-10/h5,7H,3-4,6H2,1-2H3/t7-/m1/s1. The van der Waals surface area contributed by atoms with Gasteiger partial charge in [0.15, 0.2) is 0 Å². The fourth-order valence-electron chi connectivity index (χ4n) is 1.70. The molecule has 0 spiro atoms. The lowest BCUT2D eigenvalue weighted by Gasteiger charge is -2.32. The summed E-state index contributed by atoms with van der Waals surface area (Å²) >= 11 is 2.22. The van der Waals surface area contributed by atoms with Gasteiger partial charge in [-0.3, -0.25) is 0 Å². The van der Waals surface area contributed by atoms with Crippen LogP contribution in [-0.4, -0.2) is 35.8 Å². The first-order valence-electron chi connectivity index (χ1n) is 5.03. The summed E-state index contributed by atoms with van der Waals surface area (Å²) in [6, 6.07) is 2.02. The summed E-state index contributed by atoms with van der Waals surface area (Å²) in [6.07, 6.45) is 0.284. The van der Waals surface area contributed by atoms with Gasteiger partial charge in [0, 0.05) is 19.2 Å². The van der Waals surface area contributed by atoms with Crippen LogP contribution in [0.3, 0.4) is 0 Å². The van der Waals surface area contributed by atoms with E-state index in [1.54, 1.807) is 0 Å². The van der Waals surface area contributed by atoms with E-state index in [1.165, 1.54) is 0 Å². The van der Waals surface area contributed by atoms with Gasteiger partial charge in [0.2, 0.25) is 0 Å². The Morgan fingerprint density at radius 2 is 2.33 bits per heavy atom. The van der Waals surface area contributed by atoms with Crippen LogP contribution < -0.4 is 4.90 Å². The smallest absolute Gasteiger partial charge is 0.133 e. The number of hydrogen-bond donors (Lipinski definition) is 0. The largest absolute Gasteiger partial charge is 0.375 e. The van der Waals surface area contributed by atoms with E-state index in [0.29, 0.717) is 0 Å². The minimum atomic E-state index is 0.284. The third kappa shape index (κ3) is 2.78. The van der Waals surface area contributed by atoms with E-state index in [-0.39, 0.29) is 6.10 Å². The van der Waals surface area contributed by atoms with Gasteiger partial charge in [-0.05, 0) is 36.4 Å². The zero-order valence-electron chi connectivity index (χ0n) is 8.90. The molecule has 0 bridgehead atoms. The molecule has 0 saturated carbocycles. The van der Waals surface area contributed by atoms with Crippen LogP contribution in [0.4, 0.5) is 5.82 Å². The van der Waals surface area contributed by atoms with Crippen LogP contribution in [0.25, 0.3) is 0 Å². The number of aromatic nitrogens is 2. The average molecular weight is 319 g/mol. The molecule has 1 aliphatic rings. The van der Waals surface area contributed by atoms with Crippen molar-refractivity contribution in [3.8, 4) is 0 Å². The van der Waals surface area contributed by atoms with Crippen molar-refractivity contribution >= 4 is 28.4 Å². The highest BCUT2D eigenvalue weighted by molar-refractivity contribution is 14.1. The van der Waals surface area contributed by atoms with Crippen LogP contribution in [0.2, 0.25) is 0 Å². The van der Waals surface area contributed by atoms with Gasteiger partial charge >= 0.3 is 0 Å². The third-order valence-corrected chi connectivity index (χ3v) is 2.91. The Kier molecular flexibility index (Phi) is 3.40. The van der Waals surface area contributed by atoms with Gasteiger partial charge < -0.3 is 9.64 Å². The summed E-state index contributed by atoms with van der Waals surface area (Å²) in [5.41, 5.74) is 0. The monoisotopic (exact) mass is 319 g/mol. The lowest BCUT2D eigenvalue weighted by Crippen LogP contribution is -2.41. The molecule has 0 unspecified atom stereocenters. The Morgan fingerprint density at radius 1 is 1.53 bits per heavy atom. The molecule has 15 heavy (non-hydrogen) atoms. The number of anilines is 1. The number of rotatable bonds is 1. The number of halogens is 1. The molecule has 2 heterocycles. The van der Waals surface area contributed by atoms with E-state index in [2.05, 4.69) is 44.4 Å². The van der Waals surface area contributed by atoms with Crippen LogP contribution >= 0.6 is 22.6 Å². The molecule has 1 fully saturated rings. The lowest BCUT2D eigenvalue weighted by atomic mass is 10.3. The second kappa shape index (κ2) is 4.61. The molecule has 82 valence electrons. The first kappa shape index (κ1) is 11.1. The maximum atomic E-state index is 5.50. The first-order valence-corrected chi connectivity index (χ1v) is 6.11. The van der Waals surface area contributed by atoms with Crippen LogP contribution in [0, 0.1) is 10.6 Å². The predicted octanol–water partition coefficient (Wildman–Crippen LogP) is 1.61. The Labute approximate surface area is 103 Å². The minimum absolute atomic E-state index is 0.284. The summed E-state index contributed by atoms with van der Waals surface area (Å²) in [6.45, 7) is 6.62. The molecular weight excluding hydrogens is 305 g/mol. The maximum absolute atomic E-state index is 5.50. The highest BCUT2D eigenvalue weighted by Crippen LogP contribution is 2.17. The zero-order chi connectivity index (χ0) is 10.8. The van der Waals surface area contributed by atoms with Crippen molar-refractivity contribution in [2.45, 2.75) is 20.0 Å². The Balaban J connectivity index is 2.20. The first-order chi connectivity index (χ1) is 7.15. The minimum Gasteiger partial charge on any atom is -0.375 e. The molecule has 1 saturated heterocycles. The van der Waals surface area contributed by atoms with Crippen LogP contribution in [0.1, 0.15) is 12.7 Å². The summed E-state index contributed by atoms with van der Waals surface area (Å²) in [5.74, 6) is 1.85. The topological polar surface area (TPSA) is 38.2 Å². The number of morpholine rings is 1. The Hall–Kier alpha value is -0.430. The van der Waals surface area contributed by atoms with E-state index >= 15 is 0 Å². The van der Waals surface area contributed by atoms with Gasteiger partial charge in [-0.25, -0.2) is 9.97 Å². The molecule has 1 aromatic heterocycles. The van der Waals surface area contributed by atoms with Gasteiger partial charge in [-0.2, -0.15) is 0 Å². The van der Waals surface area contributed by atoms with Gasteiger partial charge in [-0.1, -0.05) is 0 Å². The molecular formula is C10H14IN3O. The zero-order valence-corrected chi connectivity index (χ0v) is 11.1. The fraction of sp³-hybridized carbons (Fsp3) is 0.600. The summed E-state index contributed by atoms with van der Waals surface area (Å²) in [4.78, 5) is 11.0. The molecule has 0 radical (unpaired) electrons. The van der Waals surface area contributed by atoms with E-state index in [9.17, 15) is 0 Å². The number of aryl methyl sites for hydroxylation is 1. The molecule has 0 amide bonds. The van der Waals surface area contributed by atoms with Crippen molar-refractivity contribution in [3.05, 3.63) is 15.6 Å². The third-order valence-electron chi connectivity index (χ3n) is 2.36. The van der Waals surface area contributed by atoms with Crippen molar-refractivity contribution in [2.75, 3.05) is 24.6 Å². The predicted molar refractivity (Wildman–Crippen MR) is 67.1 cm³/mol. The average Bonchev–Trinajstić information content (AvgIpc) is 2.16. The van der Waals surface area contributed by atoms with E-state index in [0.717, 1.165) is 35.0 Å². The van der Waals surface area contributed by atoms with Crippen molar-refractivity contribution < 1.29 is 4.74 Å². The second-order valence-electron chi connectivity index (χ2n) is 3.72. The Bertz CT molecular complexity index is 338. The van der Waals surface area contributed by atoms with Crippen molar-refractivity contribution in [1.29, 1.82) is 0 Å². The summed E-state index contributed by atoms with van der Waals surface area (Å²) < 4.78 is 6.50. The van der Waals surface area contributed by atoms with Gasteiger partial charge in [-0.15, -0.1) is 0 Å². The van der Waals surface area contributed by atoms with E-state index in [1.807, 2.05) is 13.0 Å². The Morgan fingerprint density at radius 3 is 3.00 bits per heavy atom. The molecule has 0 aromatic carbocycles. The lowest BCUT2D eigenvalue weighted by molar-refractivity contribution is 0.0529. The maximum Gasteiger partial charge on any atom is 0.133 e. The number of ether oxygens (including phenoxy) is 1. The van der Waals surface area contributed by atoms with Gasteiger partial charge in [0.1, 0.15) is 15.3 Å². The van der Waals surface area contributed by atoms with E-state index in [4.69, 9.17) is 4.74 Å². The van der Waals surface area contributed by atoms with Crippen LogP contribution in [0.15, 0.2) is 6.07 Å². The molecule has 2 rings (SSSR count). The normalized spacial score (nSPS) is 21.8. The molecule has 1 aliphatic heterocycles. The second-order valence-corrected chi connectivity index (χ2v) is 4.83. The van der Waals surface area contributed by atoms with Gasteiger partial charge in [0.05, 0.1) is 12.7 Å².